The molecule has 3 N–H and O–H groups in total. The highest BCUT2D eigenvalue weighted by atomic mass is 127. The first kappa shape index (κ1) is 21.8. The van der Waals surface area contributed by atoms with Gasteiger partial charge >= 0.3 is 6.36 Å². The van der Waals surface area contributed by atoms with Crippen molar-refractivity contribution in [1.29, 1.82) is 0 Å². The average Bonchev–Trinajstić information content (AvgIpc) is 2.33. The van der Waals surface area contributed by atoms with E-state index in [1.165, 1.54) is 22.5 Å². The van der Waals surface area contributed by atoms with E-state index in [-0.39, 0.29) is 41.6 Å². The molecule has 0 aromatic heterocycles. The maximum Gasteiger partial charge on any atom is 0.573 e. The van der Waals surface area contributed by atoms with Crippen molar-refractivity contribution < 1.29 is 26.3 Å². The van der Waals surface area contributed by atoms with Crippen molar-refractivity contribution in [2.75, 3.05) is 31.2 Å². The van der Waals surface area contributed by atoms with E-state index in [1.807, 2.05) is 0 Å². The maximum absolute atomic E-state index is 12.2. The molecule has 1 aromatic carbocycles. The molecule has 2 rings (SSSR count). The molecule has 0 spiro atoms. The Morgan fingerprint density at radius 3 is 2.64 bits per heavy atom. The molecule has 0 atom stereocenters. The fourth-order valence-electron chi connectivity index (χ4n) is 2.09. The summed E-state index contributed by atoms with van der Waals surface area (Å²) in [6.45, 7) is 1.08. The molecule has 1 heterocycles. The van der Waals surface area contributed by atoms with E-state index in [0.717, 1.165) is 12.3 Å². The highest BCUT2D eigenvalue weighted by Gasteiger charge is 2.33. The third-order valence-electron chi connectivity index (χ3n) is 3.25. The van der Waals surface area contributed by atoms with Crippen molar-refractivity contribution in [2.45, 2.75) is 6.36 Å². The number of sulfonamides is 1. The second-order valence-electron chi connectivity index (χ2n) is 5.37. The number of nitrogens with one attached hydrogen (secondary N) is 1. The summed E-state index contributed by atoms with van der Waals surface area (Å²) in [4.78, 5) is 4.06. The zero-order chi connectivity index (χ0) is 18.0. The van der Waals surface area contributed by atoms with Crippen LogP contribution in [0.5, 0.6) is 5.75 Å². The molecule has 1 saturated heterocycles. The van der Waals surface area contributed by atoms with Crippen molar-refractivity contribution >= 4 is 45.6 Å². The molecule has 1 fully saturated rings. The number of hydrogen-bond acceptors (Lipinski definition) is 4. The molecule has 1 aliphatic rings. The number of halogens is 4. The second kappa shape index (κ2) is 8.40. The van der Waals surface area contributed by atoms with Crippen LogP contribution in [-0.2, 0) is 10.0 Å². The second-order valence-corrected chi connectivity index (χ2v) is 7.36. The Kier molecular flexibility index (Phi) is 7.31. The fourth-order valence-corrected chi connectivity index (χ4v) is 3.06. The number of benzene rings is 1. The summed E-state index contributed by atoms with van der Waals surface area (Å²) in [6.07, 6.45) is -3.63. The van der Waals surface area contributed by atoms with Crippen LogP contribution in [0.1, 0.15) is 0 Å². The molecule has 12 heteroatoms. The number of rotatable bonds is 5. The van der Waals surface area contributed by atoms with Crippen LogP contribution in [0.15, 0.2) is 29.3 Å². The Morgan fingerprint density at radius 2 is 2.08 bits per heavy atom. The van der Waals surface area contributed by atoms with Gasteiger partial charge in [-0.05, 0) is 12.1 Å². The standard InChI is InChI=1S/C13H17F3N4O3S.HI/c1-24(21,22)20-7-9(8-20)6-18-12(17)19-10-3-2-4-11(5-10)23-13(14,15)16;/h2-5,9H,6-8H2,1H3,(H3,17,18,19);1H. The Balaban J connectivity index is 0.00000312. The minimum Gasteiger partial charge on any atom is -0.406 e. The Hall–Kier alpha value is -1.28. The topological polar surface area (TPSA) is 97.0 Å². The highest BCUT2D eigenvalue weighted by molar-refractivity contribution is 14.0. The minimum absolute atomic E-state index is 0. The quantitative estimate of drug-likeness (QED) is 0.370. The van der Waals surface area contributed by atoms with Gasteiger partial charge in [-0.3, -0.25) is 4.99 Å². The average molecular weight is 494 g/mol. The molecule has 0 radical (unpaired) electrons. The number of nitrogens with zero attached hydrogens (tertiary/aromatic N) is 2. The highest BCUT2D eigenvalue weighted by Crippen LogP contribution is 2.25. The number of guanidine groups is 1. The van der Waals surface area contributed by atoms with Gasteiger partial charge in [0.25, 0.3) is 0 Å². The molecule has 25 heavy (non-hydrogen) atoms. The van der Waals surface area contributed by atoms with Gasteiger partial charge in [0.2, 0.25) is 10.0 Å². The van der Waals surface area contributed by atoms with E-state index in [2.05, 4.69) is 15.0 Å². The van der Waals surface area contributed by atoms with E-state index in [1.54, 1.807) is 0 Å². The monoisotopic (exact) mass is 494 g/mol. The number of anilines is 1. The first-order chi connectivity index (χ1) is 11.0. The van der Waals surface area contributed by atoms with Crippen LogP contribution >= 0.6 is 24.0 Å². The number of alkyl halides is 3. The lowest BCUT2D eigenvalue weighted by atomic mass is 10.0. The van der Waals surface area contributed by atoms with Gasteiger partial charge in [0.1, 0.15) is 5.75 Å². The lowest BCUT2D eigenvalue weighted by molar-refractivity contribution is -0.274. The van der Waals surface area contributed by atoms with Crippen molar-refractivity contribution in [3.05, 3.63) is 24.3 Å². The Bertz CT molecular complexity index is 721. The molecule has 0 unspecified atom stereocenters. The zero-order valence-electron chi connectivity index (χ0n) is 13.2. The third kappa shape index (κ3) is 7.23. The molecule has 142 valence electrons. The van der Waals surface area contributed by atoms with Crippen LogP contribution in [0.2, 0.25) is 0 Å². The number of nitrogens with two attached hydrogens (primary N) is 1. The van der Waals surface area contributed by atoms with E-state index < -0.39 is 16.4 Å². The van der Waals surface area contributed by atoms with Crippen LogP contribution in [-0.4, -0.2) is 50.9 Å². The normalized spacial score (nSPS) is 16.7. The van der Waals surface area contributed by atoms with Gasteiger partial charge in [-0.2, -0.15) is 0 Å². The molecule has 0 bridgehead atoms. The van der Waals surface area contributed by atoms with Gasteiger partial charge in [0.15, 0.2) is 5.96 Å². The van der Waals surface area contributed by atoms with E-state index >= 15 is 0 Å². The lowest BCUT2D eigenvalue weighted by Crippen LogP contribution is -2.50. The smallest absolute Gasteiger partial charge is 0.406 e. The van der Waals surface area contributed by atoms with Crippen molar-refractivity contribution in [1.82, 2.24) is 4.31 Å². The van der Waals surface area contributed by atoms with Crippen molar-refractivity contribution in [3.63, 3.8) is 0 Å². The van der Waals surface area contributed by atoms with Crippen LogP contribution in [0.4, 0.5) is 18.9 Å². The van der Waals surface area contributed by atoms with Crippen LogP contribution < -0.4 is 15.8 Å². The largest absolute Gasteiger partial charge is 0.573 e. The lowest BCUT2D eigenvalue weighted by Gasteiger charge is -2.36. The Morgan fingerprint density at radius 1 is 1.44 bits per heavy atom. The van der Waals surface area contributed by atoms with Crippen LogP contribution in [0, 0.1) is 5.92 Å². The summed E-state index contributed by atoms with van der Waals surface area (Å²) < 4.78 is 64.1. The Labute approximate surface area is 160 Å². The molecule has 0 amide bonds. The van der Waals surface area contributed by atoms with Crippen LogP contribution in [0.25, 0.3) is 0 Å². The van der Waals surface area contributed by atoms with E-state index in [9.17, 15) is 21.6 Å². The molecule has 1 aliphatic heterocycles. The molecule has 1 aromatic rings. The van der Waals surface area contributed by atoms with Gasteiger partial charge in [-0.25, -0.2) is 12.7 Å². The number of hydrogen-bond donors (Lipinski definition) is 2. The zero-order valence-corrected chi connectivity index (χ0v) is 16.3. The van der Waals surface area contributed by atoms with Gasteiger partial charge in [-0.1, -0.05) is 6.07 Å². The number of aliphatic imine (C=N–C) groups is 1. The summed E-state index contributed by atoms with van der Waals surface area (Å²) >= 11 is 0. The summed E-state index contributed by atoms with van der Waals surface area (Å²) in [6, 6.07) is 5.21. The molecular weight excluding hydrogens is 476 g/mol. The third-order valence-corrected chi connectivity index (χ3v) is 4.49. The fraction of sp³-hybridized carbons (Fsp3) is 0.462. The van der Waals surface area contributed by atoms with Crippen molar-refractivity contribution in [2.24, 2.45) is 16.6 Å². The van der Waals surface area contributed by atoms with Gasteiger partial charge in [0, 0.05) is 37.3 Å². The van der Waals surface area contributed by atoms with Gasteiger partial charge in [0.05, 0.1) is 6.26 Å². The molecule has 7 nitrogen and oxygen atoms in total. The van der Waals surface area contributed by atoms with Crippen molar-refractivity contribution in [3.8, 4) is 5.75 Å². The van der Waals surface area contributed by atoms with Gasteiger partial charge < -0.3 is 15.8 Å². The van der Waals surface area contributed by atoms with E-state index in [0.29, 0.717) is 25.3 Å². The summed E-state index contributed by atoms with van der Waals surface area (Å²) in [5, 5.41) is 2.66. The number of ether oxygens (including phenoxy) is 1. The predicted molar refractivity (Wildman–Crippen MR) is 98.6 cm³/mol. The summed E-state index contributed by atoms with van der Waals surface area (Å²) in [5.74, 6) is -0.278. The maximum atomic E-state index is 12.2. The summed E-state index contributed by atoms with van der Waals surface area (Å²) in [5.41, 5.74) is 5.97. The van der Waals surface area contributed by atoms with Crippen LogP contribution in [0.3, 0.4) is 0 Å². The van der Waals surface area contributed by atoms with Gasteiger partial charge in [-0.15, -0.1) is 37.1 Å². The molecule has 0 saturated carbocycles. The minimum atomic E-state index is -4.77. The first-order valence-electron chi connectivity index (χ1n) is 6.91. The molecule has 0 aliphatic carbocycles. The SMILES string of the molecule is CS(=O)(=O)N1CC(CN=C(N)Nc2cccc(OC(F)(F)F)c2)C1.I. The van der Waals surface area contributed by atoms with E-state index in [4.69, 9.17) is 5.73 Å². The first-order valence-corrected chi connectivity index (χ1v) is 8.75. The molecular formula is C13H18F3IN4O3S. The summed E-state index contributed by atoms with van der Waals surface area (Å²) in [7, 11) is -3.17. The predicted octanol–water partition coefficient (Wildman–Crippen LogP) is 1.82.